The Morgan fingerprint density at radius 1 is 0.971 bits per heavy atom. The second-order valence-electron chi connectivity index (χ2n) is 7.93. The van der Waals surface area contributed by atoms with E-state index in [4.69, 9.17) is 0 Å². The van der Waals surface area contributed by atoms with Crippen molar-refractivity contribution in [2.75, 3.05) is 17.8 Å². The maximum absolute atomic E-state index is 13.5. The zero-order valence-electron chi connectivity index (χ0n) is 19.4. The molecule has 1 amide bonds. The van der Waals surface area contributed by atoms with E-state index >= 15 is 0 Å². The van der Waals surface area contributed by atoms with Gasteiger partial charge in [0.05, 0.1) is 21.6 Å². The molecule has 3 aromatic carbocycles. The lowest BCUT2D eigenvalue weighted by molar-refractivity contribution is 0.0773. The van der Waals surface area contributed by atoms with Crippen LogP contribution in [0.25, 0.3) is 22.4 Å². The van der Waals surface area contributed by atoms with Crippen molar-refractivity contribution in [1.29, 1.82) is 0 Å². The van der Waals surface area contributed by atoms with Crippen LogP contribution in [0.4, 0.5) is 14.5 Å². The molecule has 0 radical (unpaired) electrons. The van der Waals surface area contributed by atoms with E-state index in [2.05, 4.69) is 9.71 Å². The number of halogens is 2. The molecule has 0 bridgehead atoms. The molecule has 182 valence electrons. The molecule has 4 rings (SSSR count). The van der Waals surface area contributed by atoms with Gasteiger partial charge < -0.3 is 9.47 Å². The molecular formula is C25H24F2N4O3S. The molecule has 10 heteroatoms. The number of aromatic nitrogens is 2. The Morgan fingerprint density at radius 3 is 2.29 bits per heavy atom. The molecule has 0 spiro atoms. The Balaban J connectivity index is 1.62. The van der Waals surface area contributed by atoms with Gasteiger partial charge in [-0.3, -0.25) is 9.52 Å². The lowest BCUT2D eigenvalue weighted by Gasteiger charge is -2.18. The predicted octanol–water partition coefficient (Wildman–Crippen LogP) is 4.80. The first-order chi connectivity index (χ1) is 16.6. The van der Waals surface area contributed by atoms with Crippen LogP contribution in [-0.2, 0) is 17.1 Å². The number of carbonyl (C=O) groups excluding carboxylic acids is 1. The number of rotatable bonds is 7. The number of fused-ring (bicyclic) bond motifs is 1. The molecule has 35 heavy (non-hydrogen) atoms. The minimum atomic E-state index is -4.13. The zero-order valence-corrected chi connectivity index (χ0v) is 20.2. The number of nitrogens with zero attached hydrogens (tertiary/aromatic N) is 3. The molecule has 0 unspecified atom stereocenters. The number of anilines is 1. The third-order valence-electron chi connectivity index (χ3n) is 5.78. The average Bonchev–Trinajstić information content (AvgIpc) is 3.17. The highest BCUT2D eigenvalue weighted by molar-refractivity contribution is 7.92. The smallest absolute Gasteiger partial charge is 0.262 e. The van der Waals surface area contributed by atoms with E-state index in [1.165, 1.54) is 0 Å². The summed E-state index contributed by atoms with van der Waals surface area (Å²) in [7, 11) is -2.29. The Hall–Kier alpha value is -3.79. The summed E-state index contributed by atoms with van der Waals surface area (Å²) in [6.07, 6.45) is 0. The summed E-state index contributed by atoms with van der Waals surface area (Å²) in [6, 6.07) is 14.4. The van der Waals surface area contributed by atoms with Crippen LogP contribution in [-0.4, -0.2) is 41.9 Å². The number of imidazole rings is 1. The molecule has 0 aliphatic rings. The van der Waals surface area contributed by atoms with Gasteiger partial charge in [0.1, 0.15) is 5.82 Å². The second kappa shape index (κ2) is 9.46. The fourth-order valence-electron chi connectivity index (χ4n) is 3.83. The summed E-state index contributed by atoms with van der Waals surface area (Å²) in [4.78, 5) is 18.6. The van der Waals surface area contributed by atoms with Crippen LogP contribution in [0.2, 0.25) is 0 Å². The molecule has 1 heterocycles. The average molecular weight is 499 g/mol. The predicted molar refractivity (Wildman–Crippen MR) is 131 cm³/mol. The summed E-state index contributed by atoms with van der Waals surface area (Å²) < 4.78 is 56.2. The summed E-state index contributed by atoms with van der Waals surface area (Å²) in [6.45, 7) is 5.12. The number of hydrogen-bond acceptors (Lipinski definition) is 4. The van der Waals surface area contributed by atoms with E-state index in [1.54, 1.807) is 35.2 Å². The lowest BCUT2D eigenvalue weighted by atomic mass is 10.1. The number of sulfonamides is 1. The maximum atomic E-state index is 13.5. The molecule has 7 nitrogen and oxygen atoms in total. The first-order valence-corrected chi connectivity index (χ1v) is 12.5. The molecule has 0 saturated carbocycles. The number of nitrogens with one attached hydrogen (secondary N) is 1. The van der Waals surface area contributed by atoms with Gasteiger partial charge in [-0.15, -0.1) is 0 Å². The summed E-state index contributed by atoms with van der Waals surface area (Å²) in [5.74, 6) is -1.77. The summed E-state index contributed by atoms with van der Waals surface area (Å²) in [5.41, 5.74) is 2.91. The quantitative estimate of drug-likeness (QED) is 0.397. The van der Waals surface area contributed by atoms with E-state index in [-0.39, 0.29) is 11.6 Å². The number of carbonyl (C=O) groups is 1. The maximum Gasteiger partial charge on any atom is 0.262 e. The third-order valence-corrected chi connectivity index (χ3v) is 7.15. The van der Waals surface area contributed by atoms with Crippen molar-refractivity contribution in [2.24, 2.45) is 7.05 Å². The van der Waals surface area contributed by atoms with Crippen molar-refractivity contribution < 1.29 is 22.0 Å². The fourth-order valence-corrected chi connectivity index (χ4v) is 4.90. The first-order valence-electron chi connectivity index (χ1n) is 11.0. The largest absolute Gasteiger partial charge is 0.339 e. The topological polar surface area (TPSA) is 84.3 Å². The van der Waals surface area contributed by atoms with Crippen LogP contribution >= 0.6 is 0 Å². The molecule has 1 N–H and O–H groups in total. The van der Waals surface area contributed by atoms with Crippen LogP contribution in [0.5, 0.6) is 0 Å². The molecule has 1 aromatic heterocycles. The van der Waals surface area contributed by atoms with Crippen molar-refractivity contribution in [1.82, 2.24) is 14.5 Å². The minimum absolute atomic E-state index is 0.0375. The van der Waals surface area contributed by atoms with Gasteiger partial charge in [-0.05, 0) is 62.4 Å². The normalized spacial score (nSPS) is 11.6. The van der Waals surface area contributed by atoms with Gasteiger partial charge in [-0.1, -0.05) is 12.1 Å². The van der Waals surface area contributed by atoms with E-state index in [0.717, 1.165) is 23.2 Å². The molecule has 0 saturated heterocycles. The van der Waals surface area contributed by atoms with Gasteiger partial charge >= 0.3 is 0 Å². The van der Waals surface area contributed by atoms with Crippen molar-refractivity contribution >= 4 is 32.7 Å². The van der Waals surface area contributed by atoms with Crippen molar-refractivity contribution in [2.45, 2.75) is 18.7 Å². The fraction of sp³-hybridized carbons (Fsp3) is 0.200. The molecule has 0 atom stereocenters. The number of benzene rings is 3. The van der Waals surface area contributed by atoms with Crippen LogP contribution in [0.3, 0.4) is 0 Å². The van der Waals surface area contributed by atoms with Crippen molar-refractivity contribution in [3.05, 3.63) is 77.9 Å². The molecule has 4 aromatic rings. The second-order valence-corrected chi connectivity index (χ2v) is 9.62. The highest BCUT2D eigenvalue weighted by Crippen LogP contribution is 2.27. The van der Waals surface area contributed by atoms with Gasteiger partial charge in [-0.25, -0.2) is 22.2 Å². The Kier molecular flexibility index (Phi) is 6.58. The minimum Gasteiger partial charge on any atom is -0.339 e. The lowest BCUT2D eigenvalue weighted by Crippen LogP contribution is -2.30. The van der Waals surface area contributed by atoms with Crippen LogP contribution in [0, 0.1) is 11.6 Å². The van der Waals surface area contributed by atoms with Crippen molar-refractivity contribution in [3.63, 3.8) is 0 Å². The van der Waals surface area contributed by atoms with Gasteiger partial charge in [0, 0.05) is 31.3 Å². The van der Waals surface area contributed by atoms with Crippen LogP contribution < -0.4 is 4.72 Å². The van der Waals surface area contributed by atoms with E-state index in [0.29, 0.717) is 36.1 Å². The van der Waals surface area contributed by atoms with E-state index < -0.39 is 26.6 Å². The Labute approximate surface area is 202 Å². The number of amides is 1. The summed E-state index contributed by atoms with van der Waals surface area (Å²) >= 11 is 0. The standard InChI is InChI=1S/C25H24F2N4O3S/c1-4-31(5-2)25(32)17-8-6-16(7-9-17)24-28-22-14-18(10-13-23(22)30(24)3)29-35(33,34)19-11-12-20(26)21(27)15-19/h6-15,29H,4-5H2,1-3H3. The van der Waals surface area contributed by atoms with E-state index in [1.807, 2.05) is 37.6 Å². The van der Waals surface area contributed by atoms with Gasteiger partial charge in [0.2, 0.25) is 0 Å². The van der Waals surface area contributed by atoms with E-state index in [9.17, 15) is 22.0 Å². The summed E-state index contributed by atoms with van der Waals surface area (Å²) in [5, 5.41) is 0. The molecule has 0 aliphatic heterocycles. The Morgan fingerprint density at radius 2 is 1.66 bits per heavy atom. The highest BCUT2D eigenvalue weighted by Gasteiger charge is 2.18. The monoisotopic (exact) mass is 498 g/mol. The van der Waals surface area contributed by atoms with Crippen LogP contribution in [0.15, 0.2) is 65.6 Å². The van der Waals surface area contributed by atoms with Gasteiger partial charge in [0.15, 0.2) is 11.6 Å². The first kappa shape index (κ1) is 24.3. The van der Waals surface area contributed by atoms with Gasteiger partial charge in [-0.2, -0.15) is 0 Å². The molecular weight excluding hydrogens is 474 g/mol. The third kappa shape index (κ3) is 4.74. The van der Waals surface area contributed by atoms with Gasteiger partial charge in [0.25, 0.3) is 15.9 Å². The van der Waals surface area contributed by atoms with Crippen LogP contribution in [0.1, 0.15) is 24.2 Å². The molecule has 0 aliphatic carbocycles. The zero-order chi connectivity index (χ0) is 25.3. The highest BCUT2D eigenvalue weighted by atomic mass is 32.2. The van der Waals surface area contributed by atoms with Crippen molar-refractivity contribution in [3.8, 4) is 11.4 Å². The number of aryl methyl sites for hydroxylation is 1. The SMILES string of the molecule is CCN(CC)C(=O)c1ccc(-c2nc3cc(NS(=O)(=O)c4ccc(F)c(F)c4)ccc3n2C)cc1. The molecule has 0 fully saturated rings. The Bertz CT molecular complexity index is 1510. The number of hydrogen-bond donors (Lipinski definition) is 1.